The van der Waals surface area contributed by atoms with Crippen LogP contribution in [0.1, 0.15) is 23.0 Å². The zero-order valence-electron chi connectivity index (χ0n) is 9.14. The minimum Gasteiger partial charge on any atom is -0.0986 e. The van der Waals surface area contributed by atoms with Gasteiger partial charge in [-0.05, 0) is 11.1 Å². The zero-order chi connectivity index (χ0) is 11.0. The molecule has 1 aliphatic carbocycles. The van der Waals surface area contributed by atoms with E-state index in [0.717, 1.165) is 0 Å². The van der Waals surface area contributed by atoms with E-state index in [9.17, 15) is 0 Å². The molecule has 0 amide bonds. The predicted molar refractivity (Wildman–Crippen MR) is 67.5 cm³/mol. The molecule has 0 nitrogen and oxygen atoms in total. The lowest BCUT2D eigenvalue weighted by Crippen LogP contribution is -1.82. The van der Waals surface area contributed by atoms with Crippen molar-refractivity contribution in [1.29, 1.82) is 0 Å². The van der Waals surface area contributed by atoms with Crippen LogP contribution >= 0.6 is 0 Å². The smallest absolute Gasteiger partial charge is 0.0158 e. The number of allylic oxidation sites excluding steroid dienone is 1. The Balaban J connectivity index is 1.90. The largest absolute Gasteiger partial charge is 0.0986 e. The summed E-state index contributed by atoms with van der Waals surface area (Å²) in [5.41, 5.74) is 4.13. The van der Waals surface area contributed by atoms with Crippen molar-refractivity contribution < 1.29 is 0 Å². The van der Waals surface area contributed by atoms with Gasteiger partial charge >= 0.3 is 0 Å². The summed E-state index contributed by atoms with van der Waals surface area (Å²) in [6, 6.07) is 21.3. The predicted octanol–water partition coefficient (Wildman–Crippen LogP) is 4.12. The fourth-order valence-corrected chi connectivity index (χ4v) is 2.45. The first-order valence-electron chi connectivity index (χ1n) is 5.66. The van der Waals surface area contributed by atoms with Crippen molar-refractivity contribution in [3.63, 3.8) is 0 Å². The Hall–Kier alpha value is -1.82. The van der Waals surface area contributed by atoms with E-state index in [4.69, 9.17) is 0 Å². The fraction of sp³-hybridized carbons (Fsp3) is 0.125. The third-order valence-electron chi connectivity index (χ3n) is 3.34. The van der Waals surface area contributed by atoms with Gasteiger partial charge in [-0.25, -0.2) is 0 Å². The van der Waals surface area contributed by atoms with Crippen molar-refractivity contribution in [3.05, 3.63) is 83.9 Å². The molecule has 0 radical (unpaired) electrons. The molecule has 16 heavy (non-hydrogen) atoms. The standard InChI is InChI=1S/C16H14/c1-12-15(13-8-4-2-5-9-13)16(12)14-10-6-3-7-11-14/h2-11,15-16H,1H2. The third kappa shape index (κ3) is 1.47. The number of rotatable bonds is 2. The SMILES string of the molecule is C=C1C(c2ccccc2)C1c1ccccc1. The van der Waals surface area contributed by atoms with Gasteiger partial charge in [-0.3, -0.25) is 0 Å². The van der Waals surface area contributed by atoms with Crippen molar-refractivity contribution in [2.75, 3.05) is 0 Å². The Morgan fingerprint density at radius 1 is 0.625 bits per heavy atom. The molecule has 2 aromatic carbocycles. The van der Waals surface area contributed by atoms with Crippen LogP contribution in [0.25, 0.3) is 0 Å². The van der Waals surface area contributed by atoms with Crippen molar-refractivity contribution in [1.82, 2.24) is 0 Å². The number of hydrogen-bond acceptors (Lipinski definition) is 0. The molecule has 0 aromatic heterocycles. The second kappa shape index (κ2) is 3.64. The Bertz CT molecular complexity index is 449. The van der Waals surface area contributed by atoms with E-state index in [1.54, 1.807) is 0 Å². The minimum absolute atomic E-state index is 0.531. The quantitative estimate of drug-likeness (QED) is 0.648. The van der Waals surface area contributed by atoms with Crippen molar-refractivity contribution in [3.8, 4) is 0 Å². The molecule has 0 saturated heterocycles. The van der Waals surface area contributed by atoms with Crippen LogP contribution in [0, 0.1) is 0 Å². The lowest BCUT2D eigenvalue weighted by molar-refractivity contribution is 1.03. The van der Waals surface area contributed by atoms with Gasteiger partial charge in [-0.2, -0.15) is 0 Å². The van der Waals surface area contributed by atoms with Crippen molar-refractivity contribution >= 4 is 0 Å². The lowest BCUT2D eigenvalue weighted by atomic mass is 10.0. The highest BCUT2D eigenvalue weighted by Crippen LogP contribution is 2.58. The van der Waals surface area contributed by atoms with Gasteiger partial charge in [0.05, 0.1) is 0 Å². The average molecular weight is 206 g/mol. The summed E-state index contributed by atoms with van der Waals surface area (Å²) >= 11 is 0. The van der Waals surface area contributed by atoms with Gasteiger partial charge in [-0.15, -0.1) is 0 Å². The van der Waals surface area contributed by atoms with Gasteiger partial charge < -0.3 is 0 Å². The highest BCUT2D eigenvalue weighted by Gasteiger charge is 2.43. The van der Waals surface area contributed by atoms with E-state index in [-0.39, 0.29) is 0 Å². The van der Waals surface area contributed by atoms with Gasteiger partial charge in [0.1, 0.15) is 0 Å². The van der Waals surface area contributed by atoms with Crippen LogP contribution in [0.3, 0.4) is 0 Å². The van der Waals surface area contributed by atoms with Crippen LogP contribution in [0.4, 0.5) is 0 Å². The molecule has 2 atom stereocenters. The van der Waals surface area contributed by atoms with Gasteiger partial charge in [0.15, 0.2) is 0 Å². The average Bonchev–Trinajstić information content (AvgIpc) is 3.03. The van der Waals surface area contributed by atoms with Gasteiger partial charge in [-0.1, -0.05) is 72.8 Å². The van der Waals surface area contributed by atoms with Gasteiger partial charge in [0, 0.05) is 11.8 Å². The van der Waals surface area contributed by atoms with Crippen LogP contribution < -0.4 is 0 Å². The Kier molecular flexibility index (Phi) is 2.14. The molecule has 0 spiro atoms. The topological polar surface area (TPSA) is 0 Å². The molecule has 0 aliphatic heterocycles. The zero-order valence-corrected chi connectivity index (χ0v) is 9.14. The Morgan fingerprint density at radius 3 is 1.38 bits per heavy atom. The molecule has 2 unspecified atom stereocenters. The van der Waals surface area contributed by atoms with E-state index in [1.165, 1.54) is 16.7 Å². The van der Waals surface area contributed by atoms with Crippen molar-refractivity contribution in [2.24, 2.45) is 0 Å². The maximum atomic E-state index is 4.18. The van der Waals surface area contributed by atoms with Crippen LogP contribution in [0.2, 0.25) is 0 Å². The van der Waals surface area contributed by atoms with Crippen LogP contribution in [-0.4, -0.2) is 0 Å². The summed E-state index contributed by atoms with van der Waals surface area (Å²) in [6.07, 6.45) is 0. The van der Waals surface area contributed by atoms with Gasteiger partial charge in [0.25, 0.3) is 0 Å². The van der Waals surface area contributed by atoms with Crippen LogP contribution in [0.15, 0.2) is 72.8 Å². The van der Waals surface area contributed by atoms with Gasteiger partial charge in [0.2, 0.25) is 0 Å². The highest BCUT2D eigenvalue weighted by molar-refractivity contribution is 5.53. The normalized spacial score (nSPS) is 23.1. The first-order valence-corrected chi connectivity index (χ1v) is 5.66. The maximum Gasteiger partial charge on any atom is 0.0158 e. The molecule has 1 fully saturated rings. The maximum absolute atomic E-state index is 4.18. The van der Waals surface area contributed by atoms with E-state index < -0.39 is 0 Å². The summed E-state index contributed by atoms with van der Waals surface area (Å²) in [5.74, 6) is 1.06. The lowest BCUT2D eigenvalue weighted by Gasteiger charge is -1.99. The van der Waals surface area contributed by atoms with Crippen LogP contribution in [-0.2, 0) is 0 Å². The molecule has 78 valence electrons. The summed E-state index contributed by atoms with van der Waals surface area (Å²) < 4.78 is 0. The van der Waals surface area contributed by atoms with E-state index in [0.29, 0.717) is 11.8 Å². The molecule has 1 saturated carbocycles. The second-order valence-corrected chi connectivity index (χ2v) is 4.35. The number of benzene rings is 2. The minimum atomic E-state index is 0.531. The first kappa shape index (κ1) is 9.41. The molecule has 0 N–H and O–H groups in total. The molecule has 3 rings (SSSR count). The summed E-state index contributed by atoms with van der Waals surface area (Å²) in [6.45, 7) is 4.18. The summed E-state index contributed by atoms with van der Waals surface area (Å²) in [7, 11) is 0. The first-order chi connectivity index (χ1) is 7.88. The molecule has 2 aromatic rings. The molecule has 0 heterocycles. The molecular formula is C16H14. The fourth-order valence-electron chi connectivity index (χ4n) is 2.45. The highest BCUT2D eigenvalue weighted by atomic mass is 14.5. The molecule has 0 heteroatoms. The summed E-state index contributed by atoms with van der Waals surface area (Å²) in [5, 5.41) is 0. The Labute approximate surface area is 96.3 Å². The number of hydrogen-bond donors (Lipinski definition) is 0. The Morgan fingerprint density at radius 2 is 1.00 bits per heavy atom. The molecule has 0 bridgehead atoms. The third-order valence-corrected chi connectivity index (χ3v) is 3.34. The monoisotopic (exact) mass is 206 g/mol. The second-order valence-electron chi connectivity index (χ2n) is 4.35. The van der Waals surface area contributed by atoms with Crippen LogP contribution in [0.5, 0.6) is 0 Å². The molecular weight excluding hydrogens is 192 g/mol. The summed E-state index contributed by atoms with van der Waals surface area (Å²) in [4.78, 5) is 0. The van der Waals surface area contributed by atoms with E-state index >= 15 is 0 Å². The molecule has 1 aliphatic rings. The van der Waals surface area contributed by atoms with Crippen molar-refractivity contribution in [2.45, 2.75) is 11.8 Å². The van der Waals surface area contributed by atoms with E-state index in [1.807, 2.05) is 0 Å². The van der Waals surface area contributed by atoms with E-state index in [2.05, 4.69) is 67.2 Å².